The Labute approximate surface area is 80.2 Å². The van der Waals surface area contributed by atoms with Gasteiger partial charge in [-0.1, -0.05) is 33.8 Å². The van der Waals surface area contributed by atoms with Crippen LogP contribution in [0.15, 0.2) is 18.3 Å². The predicted octanol–water partition coefficient (Wildman–Crippen LogP) is 3.10. The number of aromatic nitrogens is 1. The van der Waals surface area contributed by atoms with Crippen LogP contribution in [0.1, 0.15) is 44.9 Å². The fourth-order valence-corrected chi connectivity index (χ4v) is 0.813. The first-order valence-electron chi connectivity index (χ1n) is 4.60. The zero-order valence-corrected chi connectivity index (χ0v) is 8.70. The highest BCUT2D eigenvalue weighted by molar-refractivity contribution is 5.24. The molecule has 0 bridgehead atoms. The van der Waals surface area contributed by atoms with E-state index in [9.17, 15) is 0 Å². The molecule has 0 aliphatic carbocycles. The van der Waals surface area contributed by atoms with E-state index >= 15 is 0 Å². The van der Waals surface area contributed by atoms with E-state index < -0.39 is 0 Å². The Kier molecular flexibility index (Phi) is 5.54. The molecule has 70 valence electrons. The molecule has 1 heterocycles. The Morgan fingerprint density at radius 3 is 2.23 bits per heavy atom. The van der Waals surface area contributed by atoms with Crippen LogP contribution in [-0.4, -0.2) is 4.98 Å². The summed E-state index contributed by atoms with van der Waals surface area (Å²) in [5, 5.41) is 8.45. The summed E-state index contributed by atoms with van der Waals surface area (Å²) in [7, 11) is 0. The van der Waals surface area contributed by atoms with Gasteiger partial charge in [-0.2, -0.15) is 5.26 Å². The minimum atomic E-state index is 0.481. The van der Waals surface area contributed by atoms with Crippen LogP contribution < -0.4 is 0 Å². The Bertz CT molecular complexity index is 267. The second-order valence-electron chi connectivity index (χ2n) is 2.74. The maximum absolute atomic E-state index is 8.45. The first-order valence-corrected chi connectivity index (χ1v) is 4.60. The maximum atomic E-state index is 8.45. The number of nitriles is 1. The lowest BCUT2D eigenvalue weighted by atomic mass is 10.1. The number of nitrogens with zero attached hydrogens (tertiary/aromatic N) is 2. The molecular formula is C11H16N2. The Morgan fingerprint density at radius 1 is 1.31 bits per heavy atom. The second kappa shape index (κ2) is 6.19. The molecule has 1 aromatic rings. The summed E-state index contributed by atoms with van der Waals surface area (Å²) in [6.45, 7) is 8.20. The molecule has 0 amide bonds. The van der Waals surface area contributed by atoms with Crippen molar-refractivity contribution in [2.24, 2.45) is 0 Å². The van der Waals surface area contributed by atoms with Crippen molar-refractivity contribution in [3.05, 3.63) is 29.6 Å². The number of hydrogen-bond acceptors (Lipinski definition) is 2. The highest BCUT2D eigenvalue weighted by Gasteiger charge is 1.98. The molecule has 0 N–H and O–H groups in total. The fourth-order valence-electron chi connectivity index (χ4n) is 0.813. The van der Waals surface area contributed by atoms with E-state index in [2.05, 4.69) is 18.8 Å². The molecule has 0 spiro atoms. The molecule has 0 atom stereocenters. The first-order chi connectivity index (χ1) is 6.24. The summed E-state index contributed by atoms with van der Waals surface area (Å²) in [6.07, 6.45) is 1.75. The molecule has 0 aliphatic rings. The van der Waals surface area contributed by atoms with Crippen molar-refractivity contribution in [3.63, 3.8) is 0 Å². The summed E-state index contributed by atoms with van der Waals surface area (Å²) in [4.78, 5) is 3.96. The van der Waals surface area contributed by atoms with E-state index in [-0.39, 0.29) is 0 Å². The molecule has 0 saturated carbocycles. The molecule has 0 unspecified atom stereocenters. The zero-order chi connectivity index (χ0) is 10.3. The molecule has 0 aromatic carbocycles. The van der Waals surface area contributed by atoms with Crippen LogP contribution in [0.3, 0.4) is 0 Å². The lowest BCUT2D eigenvalue weighted by Crippen LogP contribution is -1.89. The lowest BCUT2D eigenvalue weighted by molar-refractivity contribution is 0.857. The first kappa shape index (κ1) is 11.6. The Balaban J connectivity index is 0.000000671. The monoisotopic (exact) mass is 176 g/mol. The second-order valence-corrected chi connectivity index (χ2v) is 2.74. The van der Waals surface area contributed by atoms with E-state index in [1.165, 1.54) is 5.56 Å². The molecule has 2 nitrogen and oxygen atoms in total. The van der Waals surface area contributed by atoms with Crippen molar-refractivity contribution in [2.45, 2.75) is 33.6 Å². The molecule has 13 heavy (non-hydrogen) atoms. The highest BCUT2D eigenvalue weighted by Crippen LogP contribution is 2.11. The largest absolute Gasteiger partial charge is 0.245 e. The van der Waals surface area contributed by atoms with Crippen LogP contribution in [-0.2, 0) is 0 Å². The van der Waals surface area contributed by atoms with E-state index in [1.807, 2.05) is 26.0 Å². The van der Waals surface area contributed by atoms with Gasteiger partial charge in [0.1, 0.15) is 11.8 Å². The minimum Gasteiger partial charge on any atom is -0.245 e. The van der Waals surface area contributed by atoms with Gasteiger partial charge in [0.05, 0.1) is 0 Å². The summed E-state index contributed by atoms with van der Waals surface area (Å²) in [6, 6.07) is 5.67. The maximum Gasteiger partial charge on any atom is 0.140 e. The van der Waals surface area contributed by atoms with E-state index in [4.69, 9.17) is 5.26 Å². The normalized spacial score (nSPS) is 8.62. The van der Waals surface area contributed by atoms with Gasteiger partial charge >= 0.3 is 0 Å². The summed E-state index contributed by atoms with van der Waals surface area (Å²) in [5.74, 6) is 0.482. The van der Waals surface area contributed by atoms with Gasteiger partial charge in [-0.05, 0) is 17.5 Å². The van der Waals surface area contributed by atoms with Crippen molar-refractivity contribution in [1.29, 1.82) is 5.26 Å². The van der Waals surface area contributed by atoms with Crippen molar-refractivity contribution in [2.75, 3.05) is 0 Å². The van der Waals surface area contributed by atoms with Gasteiger partial charge in [-0.25, -0.2) is 4.98 Å². The van der Waals surface area contributed by atoms with Gasteiger partial charge in [0.25, 0.3) is 0 Å². The van der Waals surface area contributed by atoms with Crippen LogP contribution in [0.2, 0.25) is 0 Å². The van der Waals surface area contributed by atoms with Crippen LogP contribution >= 0.6 is 0 Å². The SMILES string of the molecule is CC.CC(C)c1ccc(C#N)nc1. The third-order valence-electron chi connectivity index (χ3n) is 1.57. The molecule has 0 aliphatic heterocycles. The molecule has 1 aromatic heterocycles. The standard InChI is InChI=1S/C9H10N2.C2H6/c1-7(2)8-3-4-9(5-10)11-6-8;1-2/h3-4,6-7H,1-2H3;1-2H3. The Hall–Kier alpha value is -1.36. The fraction of sp³-hybridized carbons (Fsp3) is 0.455. The van der Waals surface area contributed by atoms with Crippen LogP contribution in [0.5, 0.6) is 0 Å². The quantitative estimate of drug-likeness (QED) is 0.659. The van der Waals surface area contributed by atoms with Gasteiger partial charge in [0.2, 0.25) is 0 Å². The van der Waals surface area contributed by atoms with Crippen molar-refractivity contribution in [1.82, 2.24) is 4.98 Å². The van der Waals surface area contributed by atoms with Gasteiger partial charge < -0.3 is 0 Å². The molecule has 2 heteroatoms. The average Bonchev–Trinajstić information content (AvgIpc) is 2.21. The van der Waals surface area contributed by atoms with Crippen molar-refractivity contribution >= 4 is 0 Å². The zero-order valence-electron chi connectivity index (χ0n) is 8.70. The van der Waals surface area contributed by atoms with E-state index in [0.717, 1.165) is 0 Å². The molecule has 0 fully saturated rings. The molecule has 0 radical (unpaired) electrons. The van der Waals surface area contributed by atoms with Gasteiger partial charge in [0, 0.05) is 6.20 Å². The smallest absolute Gasteiger partial charge is 0.140 e. The van der Waals surface area contributed by atoms with Crippen molar-refractivity contribution in [3.8, 4) is 6.07 Å². The number of rotatable bonds is 1. The molecule has 0 saturated heterocycles. The topological polar surface area (TPSA) is 36.7 Å². The van der Waals surface area contributed by atoms with Gasteiger partial charge in [0.15, 0.2) is 0 Å². The molecular weight excluding hydrogens is 160 g/mol. The molecule has 1 rings (SSSR count). The lowest BCUT2D eigenvalue weighted by Gasteiger charge is -2.02. The number of hydrogen-bond donors (Lipinski definition) is 0. The Morgan fingerprint density at radius 2 is 1.92 bits per heavy atom. The summed E-state index contributed by atoms with van der Waals surface area (Å²) in [5.41, 5.74) is 1.65. The van der Waals surface area contributed by atoms with Crippen LogP contribution in [0.4, 0.5) is 0 Å². The van der Waals surface area contributed by atoms with E-state index in [0.29, 0.717) is 11.6 Å². The van der Waals surface area contributed by atoms with Crippen LogP contribution in [0, 0.1) is 11.3 Å². The van der Waals surface area contributed by atoms with E-state index in [1.54, 1.807) is 12.3 Å². The minimum absolute atomic E-state index is 0.481. The van der Waals surface area contributed by atoms with Crippen LogP contribution in [0.25, 0.3) is 0 Å². The summed E-state index contributed by atoms with van der Waals surface area (Å²) < 4.78 is 0. The highest BCUT2D eigenvalue weighted by atomic mass is 14.7. The third kappa shape index (κ3) is 3.71. The van der Waals surface area contributed by atoms with Crippen molar-refractivity contribution < 1.29 is 0 Å². The predicted molar refractivity (Wildman–Crippen MR) is 54.4 cm³/mol. The summed E-state index contributed by atoms with van der Waals surface area (Å²) >= 11 is 0. The third-order valence-corrected chi connectivity index (χ3v) is 1.57. The average molecular weight is 176 g/mol. The van der Waals surface area contributed by atoms with Gasteiger partial charge in [-0.15, -0.1) is 0 Å². The van der Waals surface area contributed by atoms with Gasteiger partial charge in [-0.3, -0.25) is 0 Å². The number of pyridine rings is 1.